The van der Waals surface area contributed by atoms with Gasteiger partial charge in [-0.05, 0) is 12.8 Å². The average Bonchev–Trinajstić information content (AvgIpc) is 2.97. The van der Waals surface area contributed by atoms with E-state index in [2.05, 4.69) is 20.9 Å². The molecule has 18 heavy (non-hydrogen) atoms. The molecule has 2 amide bonds. The second-order valence-electron chi connectivity index (χ2n) is 4.36. The maximum atomic E-state index is 11.4. The summed E-state index contributed by atoms with van der Waals surface area (Å²) in [6.45, 7) is 1.12. The molecule has 0 bridgehead atoms. The van der Waals surface area contributed by atoms with E-state index >= 15 is 0 Å². The number of hydrogen-bond donors (Lipinski definition) is 3. The molecule has 0 aliphatic heterocycles. The first-order valence-electron chi connectivity index (χ1n) is 5.72. The summed E-state index contributed by atoms with van der Waals surface area (Å²) in [5.74, 6) is -0.842. The number of urea groups is 1. The highest BCUT2D eigenvalue weighted by Gasteiger charge is 2.50. The fourth-order valence-corrected chi connectivity index (χ4v) is 1.57. The third-order valence-corrected chi connectivity index (χ3v) is 2.99. The Balaban J connectivity index is 1.62. The molecule has 1 aliphatic carbocycles. The quantitative estimate of drug-likeness (QED) is 0.629. The van der Waals surface area contributed by atoms with Gasteiger partial charge in [0, 0.05) is 19.3 Å². The lowest BCUT2D eigenvalue weighted by molar-refractivity contribution is -0.143. The molecule has 1 aliphatic rings. The Morgan fingerprint density at radius 2 is 2.17 bits per heavy atom. The minimum atomic E-state index is -0.842. The van der Waals surface area contributed by atoms with Gasteiger partial charge in [0.2, 0.25) is 0 Å². The zero-order chi connectivity index (χ0) is 13.0. The van der Waals surface area contributed by atoms with E-state index in [1.54, 1.807) is 17.1 Å². The third kappa shape index (κ3) is 2.96. The Bertz CT molecular complexity index is 427. The van der Waals surface area contributed by atoms with Crippen LogP contribution < -0.4 is 10.6 Å². The molecule has 1 saturated carbocycles. The highest BCUT2D eigenvalue weighted by Crippen LogP contribution is 2.45. The monoisotopic (exact) mass is 253 g/mol. The van der Waals surface area contributed by atoms with Crippen molar-refractivity contribution in [3.63, 3.8) is 0 Å². The summed E-state index contributed by atoms with van der Waals surface area (Å²) in [6, 6.07) is -0.359. The topological polar surface area (TPSA) is 109 Å². The fourth-order valence-electron chi connectivity index (χ4n) is 1.57. The standard InChI is InChI=1S/C10H15N5O3/c16-8(17)10(1-2-10)7-12-9(18)11-3-5-15-6-4-13-14-15/h4,6H,1-3,5,7H2,(H,16,17)(H2,11,12,18). The van der Waals surface area contributed by atoms with E-state index in [0.29, 0.717) is 25.9 Å². The Morgan fingerprint density at radius 3 is 2.72 bits per heavy atom. The van der Waals surface area contributed by atoms with Crippen molar-refractivity contribution >= 4 is 12.0 Å². The van der Waals surface area contributed by atoms with Crippen LogP contribution >= 0.6 is 0 Å². The smallest absolute Gasteiger partial charge is 0.314 e. The molecule has 1 heterocycles. The first-order chi connectivity index (χ1) is 8.62. The molecular weight excluding hydrogens is 238 g/mol. The van der Waals surface area contributed by atoms with Crippen molar-refractivity contribution in [2.45, 2.75) is 19.4 Å². The number of hydrogen-bond acceptors (Lipinski definition) is 4. The predicted molar refractivity (Wildman–Crippen MR) is 60.7 cm³/mol. The molecule has 8 nitrogen and oxygen atoms in total. The largest absolute Gasteiger partial charge is 0.481 e. The van der Waals surface area contributed by atoms with E-state index < -0.39 is 11.4 Å². The summed E-state index contributed by atoms with van der Waals surface area (Å²) in [5, 5.41) is 21.5. The Kier molecular flexibility index (Phi) is 3.45. The van der Waals surface area contributed by atoms with Crippen molar-refractivity contribution in [3.8, 4) is 0 Å². The summed E-state index contributed by atoms with van der Waals surface area (Å²) in [4.78, 5) is 22.3. The van der Waals surface area contributed by atoms with Crippen LogP contribution in [0.5, 0.6) is 0 Å². The van der Waals surface area contributed by atoms with E-state index in [1.165, 1.54) is 0 Å². The summed E-state index contributed by atoms with van der Waals surface area (Å²) < 4.78 is 1.60. The average molecular weight is 253 g/mol. The SMILES string of the molecule is O=C(NCCn1ccnn1)NCC1(C(=O)O)CC1. The van der Waals surface area contributed by atoms with Crippen LogP contribution in [0.15, 0.2) is 12.4 Å². The van der Waals surface area contributed by atoms with Crippen molar-refractivity contribution < 1.29 is 14.7 Å². The lowest BCUT2D eigenvalue weighted by atomic mass is 10.1. The molecule has 8 heteroatoms. The molecular formula is C10H15N5O3. The van der Waals surface area contributed by atoms with Crippen LogP contribution in [0, 0.1) is 5.41 Å². The molecule has 98 valence electrons. The first-order valence-corrected chi connectivity index (χ1v) is 5.72. The summed E-state index contributed by atoms with van der Waals surface area (Å²) in [7, 11) is 0. The van der Waals surface area contributed by atoms with Crippen LogP contribution in [-0.2, 0) is 11.3 Å². The number of carbonyl (C=O) groups is 2. The van der Waals surface area contributed by atoms with Crippen molar-refractivity contribution in [1.82, 2.24) is 25.6 Å². The lowest BCUT2D eigenvalue weighted by Crippen LogP contribution is -2.41. The Labute approximate surface area is 103 Å². The minimum Gasteiger partial charge on any atom is -0.481 e. The van der Waals surface area contributed by atoms with Gasteiger partial charge in [0.1, 0.15) is 0 Å². The fraction of sp³-hybridized carbons (Fsp3) is 0.600. The normalized spacial score (nSPS) is 16.0. The van der Waals surface area contributed by atoms with Crippen molar-refractivity contribution in [2.24, 2.45) is 5.41 Å². The van der Waals surface area contributed by atoms with Crippen molar-refractivity contribution in [1.29, 1.82) is 0 Å². The second kappa shape index (κ2) is 5.03. The number of carboxylic acid groups (broad SMARTS) is 1. The number of nitrogens with one attached hydrogen (secondary N) is 2. The van der Waals surface area contributed by atoms with Crippen LogP contribution in [0.25, 0.3) is 0 Å². The summed E-state index contributed by atoms with van der Waals surface area (Å²) in [6.07, 6.45) is 4.51. The molecule has 0 aromatic carbocycles. The highest BCUT2D eigenvalue weighted by molar-refractivity contribution is 5.80. The van der Waals surface area contributed by atoms with E-state index in [-0.39, 0.29) is 12.6 Å². The van der Waals surface area contributed by atoms with Crippen LogP contribution in [0.4, 0.5) is 4.79 Å². The van der Waals surface area contributed by atoms with Gasteiger partial charge in [-0.3, -0.25) is 9.48 Å². The Hall–Kier alpha value is -2.12. The second-order valence-corrected chi connectivity index (χ2v) is 4.36. The van der Waals surface area contributed by atoms with E-state index in [4.69, 9.17) is 5.11 Å². The molecule has 0 saturated heterocycles. The highest BCUT2D eigenvalue weighted by atomic mass is 16.4. The zero-order valence-electron chi connectivity index (χ0n) is 9.80. The number of rotatable bonds is 6. The summed E-state index contributed by atoms with van der Waals surface area (Å²) in [5.41, 5.74) is -0.733. The van der Waals surface area contributed by atoms with Gasteiger partial charge in [-0.25, -0.2) is 4.79 Å². The van der Waals surface area contributed by atoms with Gasteiger partial charge in [0.15, 0.2) is 0 Å². The van der Waals surface area contributed by atoms with Gasteiger partial charge in [-0.1, -0.05) is 5.21 Å². The molecule has 0 unspecified atom stereocenters. The van der Waals surface area contributed by atoms with E-state index in [0.717, 1.165) is 0 Å². The number of amides is 2. The van der Waals surface area contributed by atoms with Crippen molar-refractivity contribution in [2.75, 3.05) is 13.1 Å². The number of carbonyl (C=O) groups excluding carboxylic acids is 1. The zero-order valence-corrected chi connectivity index (χ0v) is 9.80. The van der Waals surface area contributed by atoms with Gasteiger partial charge in [-0.15, -0.1) is 5.10 Å². The Morgan fingerprint density at radius 1 is 1.39 bits per heavy atom. The number of aliphatic carboxylic acids is 1. The van der Waals surface area contributed by atoms with Crippen LogP contribution in [0.2, 0.25) is 0 Å². The maximum absolute atomic E-state index is 11.4. The van der Waals surface area contributed by atoms with Gasteiger partial charge >= 0.3 is 12.0 Å². The lowest BCUT2D eigenvalue weighted by Gasteiger charge is -2.11. The van der Waals surface area contributed by atoms with Crippen LogP contribution in [0.3, 0.4) is 0 Å². The number of nitrogens with zero attached hydrogens (tertiary/aromatic N) is 3. The van der Waals surface area contributed by atoms with Crippen molar-refractivity contribution in [3.05, 3.63) is 12.4 Å². The molecule has 0 atom stereocenters. The first kappa shape index (κ1) is 12.3. The molecule has 1 aromatic heterocycles. The third-order valence-electron chi connectivity index (χ3n) is 2.99. The summed E-state index contributed by atoms with van der Waals surface area (Å²) >= 11 is 0. The maximum Gasteiger partial charge on any atom is 0.314 e. The van der Waals surface area contributed by atoms with E-state index in [9.17, 15) is 9.59 Å². The van der Waals surface area contributed by atoms with Gasteiger partial charge < -0.3 is 15.7 Å². The number of carboxylic acids is 1. The number of aromatic nitrogens is 3. The van der Waals surface area contributed by atoms with Gasteiger partial charge in [-0.2, -0.15) is 0 Å². The molecule has 1 fully saturated rings. The molecule has 0 radical (unpaired) electrons. The van der Waals surface area contributed by atoms with Gasteiger partial charge in [0.05, 0.1) is 18.2 Å². The van der Waals surface area contributed by atoms with E-state index in [1.807, 2.05) is 0 Å². The van der Waals surface area contributed by atoms with Crippen LogP contribution in [-0.4, -0.2) is 45.2 Å². The molecule has 3 N–H and O–H groups in total. The van der Waals surface area contributed by atoms with Gasteiger partial charge in [0.25, 0.3) is 0 Å². The predicted octanol–water partition coefficient (Wildman–Crippen LogP) is -0.558. The molecule has 0 spiro atoms. The minimum absolute atomic E-state index is 0.178. The molecule has 2 rings (SSSR count). The van der Waals surface area contributed by atoms with Crippen LogP contribution in [0.1, 0.15) is 12.8 Å². The molecule has 1 aromatic rings.